The summed E-state index contributed by atoms with van der Waals surface area (Å²) < 4.78 is 43.4. The molecule has 2 aromatic heterocycles. The second-order valence-corrected chi connectivity index (χ2v) is 12.6. The number of aromatic nitrogens is 4. The number of rotatable bonds is 13. The van der Waals surface area contributed by atoms with Crippen LogP contribution in [-0.2, 0) is 23.4 Å². The maximum absolute atomic E-state index is 14.0. The fraction of sp³-hybridized carbons (Fsp3) is 0.520. The molecule has 0 bridgehead atoms. The number of nitrogens with one attached hydrogen (secondary N) is 1. The number of ether oxygens (including phenoxy) is 3. The van der Waals surface area contributed by atoms with E-state index in [0.717, 1.165) is 0 Å². The minimum absolute atomic E-state index is 0.0791. The van der Waals surface area contributed by atoms with Crippen LogP contribution in [0.15, 0.2) is 35.7 Å². The van der Waals surface area contributed by atoms with E-state index in [2.05, 4.69) is 30.1 Å². The van der Waals surface area contributed by atoms with E-state index in [9.17, 15) is 20.0 Å². The Bertz CT molecular complexity index is 1590. The Morgan fingerprint density at radius 1 is 1.34 bits per heavy atom. The van der Waals surface area contributed by atoms with Crippen molar-refractivity contribution in [1.82, 2.24) is 24.6 Å². The lowest BCUT2D eigenvalue weighted by Gasteiger charge is -2.28. The molecular formula is C25H33ClN9O8P. The van der Waals surface area contributed by atoms with Crippen molar-refractivity contribution < 1.29 is 37.7 Å². The number of aliphatic hydroxyl groups is 1. The Hall–Kier alpha value is -3.69. The fourth-order valence-electron chi connectivity index (χ4n) is 4.36. The zero-order valence-electron chi connectivity index (χ0n) is 24.5. The number of carbonyl (C=O) groups excluding carboxylic acids is 1. The zero-order valence-corrected chi connectivity index (χ0v) is 26.2. The van der Waals surface area contributed by atoms with Crippen LogP contribution >= 0.6 is 19.3 Å². The predicted octanol–water partition coefficient (Wildman–Crippen LogP) is 3.78. The lowest BCUT2D eigenvalue weighted by molar-refractivity contribution is -0.146. The van der Waals surface area contributed by atoms with Gasteiger partial charge in [0.15, 0.2) is 17.4 Å². The molecule has 0 spiro atoms. The van der Waals surface area contributed by atoms with Crippen LogP contribution in [0.4, 0.5) is 5.95 Å². The van der Waals surface area contributed by atoms with Gasteiger partial charge in [0, 0.05) is 9.93 Å². The minimum Gasteiger partial charge on any atom is -0.479 e. The second kappa shape index (κ2) is 13.5. The van der Waals surface area contributed by atoms with Crippen LogP contribution in [0, 0.1) is 5.92 Å². The number of aliphatic hydroxyl groups excluding tert-OH is 1. The highest BCUT2D eigenvalue weighted by atomic mass is 35.5. The number of nitrogen functional groups attached to an aromatic ring is 1. The normalized spacial score (nSPS) is 23.6. The van der Waals surface area contributed by atoms with E-state index >= 15 is 0 Å². The molecule has 44 heavy (non-hydrogen) atoms. The number of carbonyl (C=O) groups is 1. The van der Waals surface area contributed by atoms with Gasteiger partial charge in [-0.3, -0.25) is 13.9 Å². The van der Waals surface area contributed by atoms with Crippen molar-refractivity contribution in [2.75, 3.05) is 26.1 Å². The first-order chi connectivity index (χ1) is 20.8. The van der Waals surface area contributed by atoms with Crippen LogP contribution in [0.25, 0.3) is 21.6 Å². The topological polar surface area (TPSA) is 231 Å². The first kappa shape index (κ1) is 33.2. The average molecular weight is 654 g/mol. The first-order valence-electron chi connectivity index (χ1n) is 13.4. The van der Waals surface area contributed by atoms with Crippen LogP contribution in [-0.4, -0.2) is 74.7 Å². The van der Waals surface area contributed by atoms with Gasteiger partial charge in [0.2, 0.25) is 11.8 Å². The van der Waals surface area contributed by atoms with Gasteiger partial charge >= 0.3 is 13.7 Å². The van der Waals surface area contributed by atoms with E-state index in [1.807, 2.05) is 13.8 Å². The summed E-state index contributed by atoms with van der Waals surface area (Å²) in [7, 11) is -2.96. The molecule has 1 aliphatic rings. The summed E-state index contributed by atoms with van der Waals surface area (Å²) in [6.45, 7) is 6.26. The van der Waals surface area contributed by atoms with Crippen molar-refractivity contribution in [2.24, 2.45) is 11.0 Å². The molecule has 0 aliphatic carbocycles. The monoisotopic (exact) mass is 653 g/mol. The number of methoxy groups -OCH3 is 1. The van der Waals surface area contributed by atoms with Crippen LogP contribution in [0.2, 0.25) is 5.02 Å². The smallest absolute Gasteiger partial charge is 0.459 e. The first-order valence-corrected chi connectivity index (χ1v) is 15.3. The van der Waals surface area contributed by atoms with Crippen molar-refractivity contribution in [3.63, 3.8) is 0 Å². The van der Waals surface area contributed by atoms with Crippen molar-refractivity contribution in [3.05, 3.63) is 46.1 Å². The molecule has 19 heteroatoms. The van der Waals surface area contributed by atoms with E-state index in [1.54, 1.807) is 0 Å². The number of esters is 1. The third-order valence-corrected chi connectivity index (χ3v) is 8.48. The molecule has 3 heterocycles. The molecule has 1 unspecified atom stereocenters. The van der Waals surface area contributed by atoms with Gasteiger partial charge in [0.1, 0.15) is 23.4 Å². The number of azide groups is 1. The lowest BCUT2D eigenvalue weighted by Crippen LogP contribution is -2.43. The number of halogens is 1. The molecule has 3 aromatic rings. The second-order valence-electron chi connectivity index (χ2n) is 10.5. The highest BCUT2D eigenvalue weighted by Gasteiger charge is 2.55. The number of nitrogens with two attached hydrogens (primary N) is 1. The molecule has 17 nitrogen and oxygen atoms in total. The summed E-state index contributed by atoms with van der Waals surface area (Å²) in [6, 6.07) is 4.84. The SMILES string of the molecule is COc1nc(N)nc2c1ncn2[C@@H]1O[C@H](COP(=O)(N[C@@H](C)C(=O)OCC(C)C)Oc2ccc(Cl)cc2)[C@@H](O)[C@@]1(C)N=[N+]=[N-]. The molecule has 0 amide bonds. The van der Waals surface area contributed by atoms with Gasteiger partial charge < -0.3 is 29.6 Å². The maximum Gasteiger partial charge on any atom is 0.459 e. The molecule has 1 aromatic carbocycles. The van der Waals surface area contributed by atoms with Gasteiger partial charge in [-0.2, -0.15) is 15.1 Å². The molecule has 1 aliphatic heterocycles. The van der Waals surface area contributed by atoms with Crippen LogP contribution < -0.4 is 20.1 Å². The summed E-state index contributed by atoms with van der Waals surface area (Å²) in [5.41, 5.74) is 14.0. The number of benzene rings is 1. The van der Waals surface area contributed by atoms with E-state index in [-0.39, 0.29) is 41.3 Å². The van der Waals surface area contributed by atoms with Crippen LogP contribution in [0.1, 0.15) is 33.9 Å². The molecule has 0 radical (unpaired) electrons. The Morgan fingerprint density at radius 2 is 2.05 bits per heavy atom. The number of fused-ring (bicyclic) bond motifs is 1. The van der Waals surface area contributed by atoms with Gasteiger partial charge in [-0.25, -0.2) is 9.55 Å². The third-order valence-electron chi connectivity index (χ3n) is 6.58. The largest absolute Gasteiger partial charge is 0.479 e. The van der Waals surface area contributed by atoms with E-state index < -0.39 is 50.3 Å². The van der Waals surface area contributed by atoms with Crippen molar-refractivity contribution in [1.29, 1.82) is 0 Å². The molecule has 4 N–H and O–H groups in total. The Morgan fingerprint density at radius 3 is 2.68 bits per heavy atom. The summed E-state index contributed by atoms with van der Waals surface area (Å²) in [5.74, 6) is -0.502. The number of imidazole rings is 1. The van der Waals surface area contributed by atoms with Gasteiger partial charge in [-0.15, -0.1) is 0 Å². The quantitative estimate of drug-likeness (QED) is 0.0784. The molecule has 0 saturated carbocycles. The van der Waals surface area contributed by atoms with Crippen molar-refractivity contribution in [3.8, 4) is 11.6 Å². The fourth-order valence-corrected chi connectivity index (χ4v) is 5.99. The maximum atomic E-state index is 14.0. The standard InChI is InChI=1S/C25H33ClN9O8P/c1-13(2)10-40-22(37)14(3)32-44(38,43-16-8-6-15(26)7-9-16)41-11-17-19(36)25(4,33-34-28)23(42-17)35-12-29-18-20(35)30-24(27)31-21(18)39-5/h6-9,12-14,17,19,23,36H,10-11H2,1-5H3,(H,32,38)(H2,27,30,31)/t14-,17+,19+,23+,25+,44?/m0/s1. The highest BCUT2D eigenvalue weighted by Crippen LogP contribution is 2.48. The summed E-state index contributed by atoms with van der Waals surface area (Å²) in [4.78, 5) is 27.9. The average Bonchev–Trinajstić information content (AvgIpc) is 3.49. The predicted molar refractivity (Wildman–Crippen MR) is 158 cm³/mol. The summed E-state index contributed by atoms with van der Waals surface area (Å²) >= 11 is 5.96. The lowest BCUT2D eigenvalue weighted by atomic mass is 9.93. The highest BCUT2D eigenvalue weighted by molar-refractivity contribution is 7.52. The number of nitrogens with zero attached hydrogens (tertiary/aromatic N) is 7. The number of hydrogen-bond acceptors (Lipinski definition) is 13. The Balaban J connectivity index is 1.61. The zero-order chi connectivity index (χ0) is 32.2. The van der Waals surface area contributed by atoms with Crippen LogP contribution in [0.5, 0.6) is 11.6 Å². The molecule has 1 fully saturated rings. The summed E-state index contributed by atoms with van der Waals surface area (Å²) in [5, 5.41) is 18.1. The molecule has 6 atom stereocenters. The Labute approximate surface area is 257 Å². The van der Waals surface area contributed by atoms with E-state index in [0.29, 0.717) is 5.02 Å². The van der Waals surface area contributed by atoms with Crippen LogP contribution in [0.3, 0.4) is 0 Å². The van der Waals surface area contributed by atoms with Gasteiger partial charge in [0.25, 0.3) is 0 Å². The number of anilines is 1. The molecular weight excluding hydrogens is 621 g/mol. The van der Waals surface area contributed by atoms with Crippen molar-refractivity contribution in [2.45, 2.75) is 57.7 Å². The van der Waals surface area contributed by atoms with Gasteiger partial charge in [0.05, 0.1) is 32.8 Å². The third kappa shape index (κ3) is 7.16. The van der Waals surface area contributed by atoms with Gasteiger partial charge in [-0.1, -0.05) is 30.6 Å². The van der Waals surface area contributed by atoms with E-state index in [1.165, 1.54) is 56.1 Å². The molecule has 1 saturated heterocycles. The Kier molecular flexibility index (Phi) is 10.2. The molecule has 4 rings (SSSR count). The summed E-state index contributed by atoms with van der Waals surface area (Å²) in [6.07, 6.45) is -2.55. The molecule has 238 valence electrons. The minimum atomic E-state index is -4.35. The van der Waals surface area contributed by atoms with E-state index in [4.69, 9.17) is 40.6 Å². The van der Waals surface area contributed by atoms with Gasteiger partial charge in [-0.05, 0) is 49.6 Å². The van der Waals surface area contributed by atoms with Crippen molar-refractivity contribution >= 4 is 42.4 Å². The number of hydrogen-bond donors (Lipinski definition) is 3.